The van der Waals surface area contributed by atoms with Crippen LogP contribution in [0.4, 0.5) is 27.5 Å². The first-order valence-corrected chi connectivity index (χ1v) is 35.3. The zero-order valence-corrected chi connectivity index (χ0v) is 59.5. The van der Waals surface area contributed by atoms with E-state index in [9.17, 15) is 48.3 Å². The van der Waals surface area contributed by atoms with Gasteiger partial charge in [0.05, 0.1) is 94.5 Å². The molecule has 0 radical (unpaired) electrons. The number of nitrogens with one attached hydrogen (secondary N) is 6. The van der Waals surface area contributed by atoms with Crippen LogP contribution in [-0.4, -0.2) is 159 Å². The number of anilines is 4. The molecule has 0 unspecified atom stereocenters. The Morgan fingerprint density at radius 3 is 2.05 bits per heavy atom. The summed E-state index contributed by atoms with van der Waals surface area (Å²) in [6, 6.07) is 32.6. The number of aliphatic hydroxyl groups is 1. The van der Waals surface area contributed by atoms with E-state index in [1.165, 1.54) is 33.3 Å². The van der Waals surface area contributed by atoms with Crippen molar-refractivity contribution < 1.29 is 76.7 Å². The molecule has 1 spiro atoms. The third-order valence-electron chi connectivity index (χ3n) is 19.8. The third kappa shape index (κ3) is 16.9. The molecule has 5 atom stereocenters. The maximum Gasteiger partial charge on any atom is 0.416 e. The van der Waals surface area contributed by atoms with Crippen LogP contribution in [0.2, 0.25) is 0 Å². The summed E-state index contributed by atoms with van der Waals surface area (Å²) in [7, 11) is 4.62. The summed E-state index contributed by atoms with van der Waals surface area (Å²) in [5, 5.41) is 28.6. The third-order valence-corrected chi connectivity index (χ3v) is 19.8. The molecule has 2 fully saturated rings. The molecule has 6 aromatic carbocycles. The zero-order chi connectivity index (χ0) is 74.1. The smallest absolute Gasteiger partial charge is 0.416 e. The van der Waals surface area contributed by atoms with Gasteiger partial charge in [-0.15, -0.1) is 0 Å². The summed E-state index contributed by atoms with van der Waals surface area (Å²) >= 11 is 0. The SMILES string of the molecule is COc1ccc(C2=CN3C(=O)c4cc(OC)c(OCCCCCOc5cc6c(cc5OC)C(=O)N5CC7(CC7)C[C@H]5[C@H](O)N6C(=O)OCc5ccc(NC(=O)[C@H](C)NC(=O)[C@@H](NC(=O)CNC(=O)CNC(=O)CCC(=O)N6Cc7ccccc7C#Cc7ccccc76)C(C)C)cc5)cc4NC[C@@H]3C2)cc1. The van der Waals surface area contributed by atoms with Crippen LogP contribution in [0.1, 0.15) is 127 Å². The van der Waals surface area contributed by atoms with Crippen molar-refractivity contribution in [3.63, 3.8) is 0 Å². The van der Waals surface area contributed by atoms with E-state index in [0.29, 0.717) is 97.1 Å². The fraction of sp³-hybridized carbons (Fsp3) is 0.380. The number of benzene rings is 6. The second-order valence-corrected chi connectivity index (χ2v) is 27.4. The molecule has 1 saturated carbocycles. The number of methoxy groups -OCH3 is 3. The van der Waals surface area contributed by atoms with Gasteiger partial charge in [-0.1, -0.05) is 80.3 Å². The summed E-state index contributed by atoms with van der Waals surface area (Å²) in [6.07, 6.45) is 4.09. The molecule has 12 rings (SSSR count). The molecule has 1 saturated heterocycles. The lowest BCUT2D eigenvalue weighted by molar-refractivity contribution is -0.132. The molecule has 6 aromatic rings. The lowest BCUT2D eigenvalue weighted by Crippen LogP contribution is -2.55. The first-order valence-electron chi connectivity index (χ1n) is 35.3. The first-order chi connectivity index (χ1) is 50.7. The molecule has 6 aliphatic rings. The Balaban J connectivity index is 0.591. The average molecular weight is 1430 g/mol. The topological polar surface area (TPSA) is 314 Å². The van der Waals surface area contributed by atoms with Gasteiger partial charge in [0, 0.05) is 61.1 Å². The molecule has 548 valence electrons. The molecule has 1 aliphatic carbocycles. The maximum atomic E-state index is 14.5. The Kier molecular flexibility index (Phi) is 22.6. The van der Waals surface area contributed by atoms with Crippen LogP contribution >= 0.6 is 0 Å². The lowest BCUT2D eigenvalue weighted by atomic mass is 10.0. The van der Waals surface area contributed by atoms with Gasteiger partial charge in [0.25, 0.3) is 11.8 Å². The van der Waals surface area contributed by atoms with Crippen LogP contribution < -0.4 is 65.4 Å². The van der Waals surface area contributed by atoms with Crippen molar-refractivity contribution in [3.05, 3.63) is 166 Å². The predicted molar refractivity (Wildman–Crippen MR) is 389 cm³/mol. The quantitative estimate of drug-likeness (QED) is 0.0189. The molecule has 7 N–H and O–H groups in total. The molecule has 26 nitrogen and oxygen atoms in total. The van der Waals surface area contributed by atoms with Gasteiger partial charge in [0.2, 0.25) is 35.4 Å². The summed E-state index contributed by atoms with van der Waals surface area (Å²) in [5.41, 5.74) is 7.15. The molecule has 0 bridgehead atoms. The van der Waals surface area contributed by atoms with Crippen molar-refractivity contribution in [1.82, 2.24) is 31.1 Å². The van der Waals surface area contributed by atoms with E-state index in [4.69, 9.17) is 28.4 Å². The van der Waals surface area contributed by atoms with Gasteiger partial charge in [0.1, 0.15) is 24.4 Å². The molecule has 105 heavy (non-hydrogen) atoms. The van der Waals surface area contributed by atoms with Crippen LogP contribution in [0.15, 0.2) is 128 Å². The van der Waals surface area contributed by atoms with Crippen LogP contribution in [0, 0.1) is 23.2 Å². The number of hydrogen-bond donors (Lipinski definition) is 7. The number of nitrogens with zero attached hydrogens (tertiary/aromatic N) is 4. The highest BCUT2D eigenvalue weighted by Gasteiger charge is 2.58. The van der Waals surface area contributed by atoms with Crippen LogP contribution in [0.25, 0.3) is 5.57 Å². The summed E-state index contributed by atoms with van der Waals surface area (Å²) in [4.78, 5) is 128. The van der Waals surface area contributed by atoms with Crippen molar-refractivity contribution in [1.29, 1.82) is 0 Å². The number of unbranched alkanes of at least 4 members (excludes halogenated alkanes) is 2. The van der Waals surface area contributed by atoms with Crippen LogP contribution in [0.5, 0.6) is 28.7 Å². The normalized spacial score (nSPS) is 17.6. The number of fused-ring (bicyclic) bond motifs is 6. The van der Waals surface area contributed by atoms with Crippen molar-refractivity contribution in [3.8, 4) is 40.6 Å². The number of ether oxygens (including phenoxy) is 6. The molecular weight excluding hydrogens is 1340 g/mol. The van der Waals surface area contributed by atoms with Crippen molar-refractivity contribution in [2.45, 2.75) is 122 Å². The summed E-state index contributed by atoms with van der Waals surface area (Å²) in [6.45, 7) is 5.41. The number of para-hydroxylation sites is 1. The van der Waals surface area contributed by atoms with E-state index in [-0.39, 0.29) is 84.5 Å². The van der Waals surface area contributed by atoms with Gasteiger partial charge >= 0.3 is 6.09 Å². The molecule has 5 aliphatic heterocycles. The second-order valence-electron chi connectivity index (χ2n) is 27.4. The number of rotatable bonds is 27. The van der Waals surface area contributed by atoms with Crippen LogP contribution in [-0.2, 0) is 46.7 Å². The largest absolute Gasteiger partial charge is 0.497 e. The minimum atomic E-state index is -1.48. The van der Waals surface area contributed by atoms with Gasteiger partial charge < -0.3 is 80.1 Å². The highest BCUT2D eigenvalue weighted by Crippen LogP contribution is 2.57. The number of aliphatic hydroxyl groups excluding tert-OH is 1. The number of carbonyl (C=O) groups is 9. The zero-order valence-electron chi connectivity index (χ0n) is 59.5. The lowest BCUT2D eigenvalue weighted by Gasteiger charge is -2.31. The van der Waals surface area contributed by atoms with Crippen LogP contribution in [0.3, 0.4) is 0 Å². The average Bonchev–Trinajstić information content (AvgIpc) is 1.57. The molecule has 5 heterocycles. The monoisotopic (exact) mass is 1430 g/mol. The predicted octanol–water partition coefficient (Wildman–Crippen LogP) is 8.03. The van der Waals surface area contributed by atoms with Gasteiger partial charge in [-0.3, -0.25) is 38.4 Å². The summed E-state index contributed by atoms with van der Waals surface area (Å²) in [5.74, 6) is 4.09. The highest BCUT2D eigenvalue weighted by molar-refractivity contribution is 6.07. The van der Waals surface area contributed by atoms with Gasteiger partial charge in [-0.25, -0.2) is 9.69 Å². The van der Waals surface area contributed by atoms with E-state index in [2.05, 4.69) is 43.7 Å². The highest BCUT2D eigenvalue weighted by atomic mass is 16.6. The minimum absolute atomic E-state index is 0.0761. The van der Waals surface area contributed by atoms with Crippen molar-refractivity contribution >= 4 is 81.7 Å². The van der Waals surface area contributed by atoms with Gasteiger partial charge in [-0.2, -0.15) is 0 Å². The Labute approximate surface area is 608 Å². The minimum Gasteiger partial charge on any atom is -0.497 e. The number of amides is 9. The van der Waals surface area contributed by atoms with E-state index in [0.717, 1.165) is 45.8 Å². The standard InChI is InChI=1S/C79H86N10O16/c1-47(2)72(85-70(92)42-82-69(91)41-81-68(90)28-29-71(93)87-43-53-16-9-8-14-50(53)20-21-52-15-10-11-17-61(52)87)74(95)83-48(3)73(94)84-55-24-18-49(19-25-55)45-105-78(99)89-62-38-67(65(102-6)36-59(62)76(97)88-46-79(30-31-79)39-63(88)77(89)98)104-33-13-7-12-32-103-66-37-60-58(35-64(66)101-5)75(96)86-44-54(34-56(86)40-80-60)51-22-26-57(100-4)27-23-51/h8-11,14-19,22-27,35-38,44,47-48,56,63,72,77,80,98H,7,12-13,28-34,39-43,45-46H2,1-6H3,(H,81,90)(H,82,91)(H,83,95)(H,84,94)(H,85,92)/t48-,56-,63-,72-,77-/m0/s1. The maximum absolute atomic E-state index is 14.5. The Morgan fingerprint density at radius 2 is 1.34 bits per heavy atom. The molecular formula is C79H86N10O16. The molecule has 0 aromatic heterocycles. The molecule has 26 heteroatoms. The fourth-order valence-electron chi connectivity index (χ4n) is 13.7. The van der Waals surface area contributed by atoms with Gasteiger partial charge in [-0.05, 0) is 140 Å². The van der Waals surface area contributed by atoms with E-state index < -0.39 is 79.0 Å². The number of hydrogen-bond acceptors (Lipinski definition) is 17. The Bertz CT molecular complexity index is 4430. The van der Waals surface area contributed by atoms with E-state index >= 15 is 0 Å². The van der Waals surface area contributed by atoms with Crippen molar-refractivity contribution in [2.24, 2.45) is 11.3 Å². The first kappa shape index (κ1) is 73.2. The van der Waals surface area contributed by atoms with E-state index in [1.54, 1.807) is 72.1 Å². The molecule has 9 amide bonds. The van der Waals surface area contributed by atoms with E-state index in [1.807, 2.05) is 79.0 Å². The Morgan fingerprint density at radius 1 is 0.676 bits per heavy atom. The second kappa shape index (κ2) is 32.4. The number of carbonyl (C=O) groups excluding carboxylic acids is 9. The summed E-state index contributed by atoms with van der Waals surface area (Å²) < 4.78 is 35.3. The fourth-order valence-corrected chi connectivity index (χ4v) is 13.7. The Hall–Kier alpha value is -11.6. The van der Waals surface area contributed by atoms with Gasteiger partial charge in [0.15, 0.2) is 29.2 Å². The van der Waals surface area contributed by atoms with Crippen molar-refractivity contribution in [2.75, 3.05) is 81.2 Å².